The van der Waals surface area contributed by atoms with Crippen molar-refractivity contribution in [2.75, 3.05) is 12.4 Å². The summed E-state index contributed by atoms with van der Waals surface area (Å²) in [6.07, 6.45) is 0. The van der Waals surface area contributed by atoms with Crippen molar-refractivity contribution >= 4 is 39.2 Å². The molecule has 2 aromatic heterocycles. The molecule has 0 atom stereocenters. The van der Waals surface area contributed by atoms with Crippen LogP contribution in [-0.4, -0.2) is 28.6 Å². The number of nitrogens with one attached hydrogen (secondary N) is 1. The van der Waals surface area contributed by atoms with Crippen LogP contribution in [0.1, 0.15) is 33.5 Å². The molecular weight excluding hydrogens is 446 g/mol. The van der Waals surface area contributed by atoms with Gasteiger partial charge in [-0.2, -0.15) is 5.10 Å². The number of aryl methyl sites for hydroxylation is 1. The van der Waals surface area contributed by atoms with Gasteiger partial charge in [0.15, 0.2) is 11.5 Å². The Hall–Kier alpha value is -4.72. The maximum Gasteiger partial charge on any atom is 0.280 e. The number of carbonyl (C=O) groups is 2. The summed E-state index contributed by atoms with van der Waals surface area (Å²) in [7, 11) is 1.51. The molecule has 35 heavy (non-hydrogen) atoms. The van der Waals surface area contributed by atoms with Crippen molar-refractivity contribution in [2.24, 2.45) is 0 Å². The maximum atomic E-state index is 13.4. The SMILES string of the molecule is CCn1nc(C(=O)Nc2c(C(=O)c3cccc(OC)c3)oc3ccccc23)c(=O)c2ccccc21. The minimum Gasteiger partial charge on any atom is -0.497 e. The number of anilines is 1. The monoisotopic (exact) mass is 467 g/mol. The first-order valence-electron chi connectivity index (χ1n) is 11.0. The molecule has 174 valence electrons. The van der Waals surface area contributed by atoms with Crippen molar-refractivity contribution in [1.29, 1.82) is 0 Å². The number of fused-ring (bicyclic) bond motifs is 2. The summed E-state index contributed by atoms with van der Waals surface area (Å²) >= 11 is 0. The summed E-state index contributed by atoms with van der Waals surface area (Å²) in [4.78, 5) is 39.8. The van der Waals surface area contributed by atoms with E-state index in [1.807, 2.05) is 13.0 Å². The van der Waals surface area contributed by atoms with Gasteiger partial charge in [-0.15, -0.1) is 0 Å². The highest BCUT2D eigenvalue weighted by atomic mass is 16.5. The Labute approximate surface area is 199 Å². The molecule has 0 aliphatic rings. The number of ether oxygens (including phenoxy) is 1. The topological polar surface area (TPSA) is 103 Å². The Balaban J connectivity index is 1.62. The highest BCUT2D eigenvalue weighted by Crippen LogP contribution is 2.33. The Kier molecular flexibility index (Phi) is 5.62. The van der Waals surface area contributed by atoms with Crippen LogP contribution in [0.15, 0.2) is 82.0 Å². The highest BCUT2D eigenvalue weighted by Gasteiger charge is 2.26. The van der Waals surface area contributed by atoms with Crippen molar-refractivity contribution in [1.82, 2.24) is 9.78 Å². The zero-order chi connectivity index (χ0) is 24.5. The Morgan fingerprint density at radius 2 is 1.74 bits per heavy atom. The molecule has 3 aromatic carbocycles. The number of furan rings is 1. The third-order valence-electron chi connectivity index (χ3n) is 5.75. The summed E-state index contributed by atoms with van der Waals surface area (Å²) in [6.45, 7) is 2.34. The fourth-order valence-electron chi connectivity index (χ4n) is 4.03. The van der Waals surface area contributed by atoms with Gasteiger partial charge in [0.1, 0.15) is 11.3 Å². The Morgan fingerprint density at radius 3 is 2.51 bits per heavy atom. The van der Waals surface area contributed by atoms with E-state index in [1.54, 1.807) is 71.4 Å². The van der Waals surface area contributed by atoms with E-state index in [0.29, 0.717) is 39.7 Å². The number of benzene rings is 3. The molecule has 1 amide bonds. The summed E-state index contributed by atoms with van der Waals surface area (Å²) in [5.74, 6) is -0.704. The fourth-order valence-corrected chi connectivity index (χ4v) is 4.03. The third-order valence-corrected chi connectivity index (χ3v) is 5.75. The summed E-state index contributed by atoms with van der Waals surface area (Å²) in [6, 6.07) is 20.6. The molecule has 1 N–H and O–H groups in total. The van der Waals surface area contributed by atoms with Crippen LogP contribution < -0.4 is 15.5 Å². The van der Waals surface area contributed by atoms with Gasteiger partial charge in [-0.05, 0) is 43.3 Å². The van der Waals surface area contributed by atoms with E-state index >= 15 is 0 Å². The fraction of sp³-hybridized carbons (Fsp3) is 0.111. The van der Waals surface area contributed by atoms with Gasteiger partial charge in [0.25, 0.3) is 5.91 Å². The van der Waals surface area contributed by atoms with Gasteiger partial charge < -0.3 is 14.5 Å². The van der Waals surface area contributed by atoms with Gasteiger partial charge in [0.05, 0.1) is 18.3 Å². The first-order valence-corrected chi connectivity index (χ1v) is 11.0. The Bertz CT molecular complexity index is 1670. The van der Waals surface area contributed by atoms with E-state index in [2.05, 4.69) is 10.4 Å². The first kappa shape index (κ1) is 22.1. The molecule has 0 aliphatic heterocycles. The van der Waals surface area contributed by atoms with Crippen LogP contribution in [0.25, 0.3) is 21.9 Å². The number of methoxy groups -OCH3 is 1. The predicted molar refractivity (Wildman–Crippen MR) is 132 cm³/mol. The second-order valence-corrected chi connectivity index (χ2v) is 7.83. The maximum absolute atomic E-state index is 13.4. The summed E-state index contributed by atoms with van der Waals surface area (Å²) in [5.41, 5.74) is 0.810. The predicted octanol–water partition coefficient (Wildman–Crippen LogP) is 4.65. The lowest BCUT2D eigenvalue weighted by atomic mass is 10.1. The summed E-state index contributed by atoms with van der Waals surface area (Å²) in [5, 5.41) is 7.94. The minimum atomic E-state index is -0.728. The molecule has 8 heteroatoms. The van der Waals surface area contributed by atoms with E-state index in [1.165, 1.54) is 7.11 Å². The number of hydrogen-bond acceptors (Lipinski definition) is 6. The third kappa shape index (κ3) is 3.85. The number of nitrogens with zero attached hydrogens (tertiary/aromatic N) is 2. The molecule has 5 rings (SSSR count). The van der Waals surface area contributed by atoms with Crippen LogP contribution in [0.2, 0.25) is 0 Å². The largest absolute Gasteiger partial charge is 0.497 e. The number of hydrogen-bond donors (Lipinski definition) is 1. The van der Waals surface area contributed by atoms with Gasteiger partial charge >= 0.3 is 0 Å². The van der Waals surface area contributed by atoms with Gasteiger partial charge in [-0.1, -0.05) is 36.4 Å². The molecule has 0 fully saturated rings. The molecule has 2 heterocycles. The van der Waals surface area contributed by atoms with Crippen molar-refractivity contribution in [2.45, 2.75) is 13.5 Å². The normalized spacial score (nSPS) is 11.0. The van der Waals surface area contributed by atoms with E-state index < -0.39 is 17.1 Å². The number of aromatic nitrogens is 2. The van der Waals surface area contributed by atoms with E-state index in [9.17, 15) is 14.4 Å². The number of carbonyl (C=O) groups excluding carboxylic acids is 2. The van der Waals surface area contributed by atoms with Crippen LogP contribution in [0.4, 0.5) is 5.69 Å². The smallest absolute Gasteiger partial charge is 0.280 e. The van der Waals surface area contributed by atoms with E-state index in [-0.39, 0.29) is 17.1 Å². The van der Waals surface area contributed by atoms with Gasteiger partial charge in [0, 0.05) is 22.9 Å². The number of ketones is 1. The van der Waals surface area contributed by atoms with Crippen LogP contribution >= 0.6 is 0 Å². The standard InChI is InChI=1S/C27H21N3O5/c1-3-30-20-13-6-4-11-18(20)25(32)23(29-30)27(33)28-22-19-12-5-7-14-21(19)35-26(22)24(31)16-9-8-10-17(15-16)34-2/h4-15H,3H2,1-2H3,(H,28,33). The molecule has 0 bridgehead atoms. The minimum absolute atomic E-state index is 0.0515. The van der Waals surface area contributed by atoms with E-state index in [0.717, 1.165) is 0 Å². The molecule has 0 saturated heterocycles. The Morgan fingerprint density at radius 1 is 1.00 bits per heavy atom. The summed E-state index contributed by atoms with van der Waals surface area (Å²) < 4.78 is 12.7. The molecular formula is C27H21N3O5. The van der Waals surface area contributed by atoms with Crippen molar-refractivity contribution in [3.63, 3.8) is 0 Å². The van der Waals surface area contributed by atoms with Gasteiger partial charge in [-0.3, -0.25) is 19.1 Å². The number of amides is 1. The molecule has 0 spiro atoms. The zero-order valence-electron chi connectivity index (χ0n) is 19.1. The molecule has 0 aliphatic carbocycles. The van der Waals surface area contributed by atoms with Gasteiger partial charge in [0.2, 0.25) is 11.2 Å². The molecule has 5 aromatic rings. The van der Waals surface area contributed by atoms with E-state index in [4.69, 9.17) is 9.15 Å². The molecule has 0 radical (unpaired) electrons. The number of rotatable bonds is 6. The van der Waals surface area contributed by atoms with Crippen LogP contribution in [0.5, 0.6) is 5.75 Å². The van der Waals surface area contributed by atoms with Crippen LogP contribution in [0.3, 0.4) is 0 Å². The number of para-hydroxylation sites is 2. The van der Waals surface area contributed by atoms with Crippen molar-refractivity contribution in [3.8, 4) is 5.75 Å². The lowest BCUT2D eigenvalue weighted by Gasteiger charge is -2.10. The average Bonchev–Trinajstić information content (AvgIpc) is 3.26. The highest BCUT2D eigenvalue weighted by molar-refractivity contribution is 6.18. The molecule has 0 unspecified atom stereocenters. The van der Waals surface area contributed by atoms with Crippen LogP contribution in [-0.2, 0) is 6.54 Å². The molecule has 0 saturated carbocycles. The lowest BCUT2D eigenvalue weighted by molar-refractivity contribution is 0.101. The second kappa shape index (κ2) is 8.90. The zero-order valence-corrected chi connectivity index (χ0v) is 19.1. The van der Waals surface area contributed by atoms with Gasteiger partial charge in [-0.25, -0.2) is 0 Å². The quantitative estimate of drug-likeness (QED) is 0.365. The first-order chi connectivity index (χ1) is 17.0. The van der Waals surface area contributed by atoms with Crippen molar-refractivity contribution in [3.05, 3.63) is 100 Å². The second-order valence-electron chi connectivity index (χ2n) is 7.83. The van der Waals surface area contributed by atoms with Crippen LogP contribution in [0, 0.1) is 0 Å². The lowest BCUT2D eigenvalue weighted by Crippen LogP contribution is -2.27. The average molecular weight is 467 g/mol. The van der Waals surface area contributed by atoms with Crippen molar-refractivity contribution < 1.29 is 18.7 Å². The molecule has 8 nitrogen and oxygen atoms in total.